The van der Waals surface area contributed by atoms with Crippen molar-refractivity contribution in [2.75, 3.05) is 26.9 Å². The van der Waals surface area contributed by atoms with E-state index in [9.17, 15) is 4.79 Å². The van der Waals surface area contributed by atoms with Gasteiger partial charge in [-0.1, -0.05) is 30.3 Å². The maximum absolute atomic E-state index is 12.7. The first-order valence-corrected chi connectivity index (χ1v) is 9.60. The minimum Gasteiger partial charge on any atom is -0.496 e. The van der Waals surface area contributed by atoms with Gasteiger partial charge in [-0.2, -0.15) is 0 Å². The number of rotatable bonds is 6. The molecule has 1 aromatic heterocycles. The molecule has 1 amide bonds. The lowest BCUT2D eigenvalue weighted by Crippen LogP contribution is -2.45. The number of hydrogen-bond donors (Lipinski definition) is 1. The first-order chi connectivity index (χ1) is 13.7. The largest absolute Gasteiger partial charge is 0.496 e. The minimum absolute atomic E-state index is 0.0242. The molecule has 0 atom stereocenters. The Morgan fingerprint density at radius 3 is 2.75 bits per heavy atom. The molecule has 0 unspecified atom stereocenters. The van der Waals surface area contributed by atoms with Crippen LogP contribution in [0, 0.1) is 0 Å². The third-order valence-corrected chi connectivity index (χ3v) is 5.59. The second kappa shape index (κ2) is 8.02. The average molecular weight is 379 g/mol. The van der Waals surface area contributed by atoms with E-state index in [0.717, 1.165) is 35.2 Å². The van der Waals surface area contributed by atoms with Crippen LogP contribution in [0.5, 0.6) is 5.75 Å². The van der Waals surface area contributed by atoms with Crippen LogP contribution in [0.3, 0.4) is 0 Å². The number of amides is 1. The molecule has 1 aliphatic heterocycles. The summed E-state index contributed by atoms with van der Waals surface area (Å²) in [6.07, 6.45) is 3.41. The number of fused-ring (bicyclic) bond motifs is 1. The van der Waals surface area contributed by atoms with E-state index in [2.05, 4.69) is 16.4 Å². The van der Waals surface area contributed by atoms with Gasteiger partial charge in [0.25, 0.3) is 0 Å². The molecule has 6 nitrogen and oxygen atoms in total. The molecule has 3 aromatic rings. The van der Waals surface area contributed by atoms with Crippen molar-refractivity contribution in [1.29, 1.82) is 0 Å². The summed E-state index contributed by atoms with van der Waals surface area (Å²) in [5, 5.41) is 3.15. The van der Waals surface area contributed by atoms with Gasteiger partial charge in [-0.3, -0.25) is 4.79 Å². The van der Waals surface area contributed by atoms with Crippen LogP contribution in [0.4, 0.5) is 0 Å². The fourth-order valence-electron chi connectivity index (χ4n) is 4.00. The third-order valence-electron chi connectivity index (χ3n) is 5.59. The molecule has 1 aliphatic rings. The summed E-state index contributed by atoms with van der Waals surface area (Å²) in [6.45, 7) is 2.17. The zero-order chi connectivity index (χ0) is 19.4. The number of carbonyl (C=O) groups is 1. The van der Waals surface area contributed by atoms with Crippen molar-refractivity contribution < 1.29 is 14.3 Å². The Kier molecular flexibility index (Phi) is 5.30. The molecule has 0 spiro atoms. The molecule has 0 saturated carbocycles. The van der Waals surface area contributed by atoms with Gasteiger partial charge in [0.2, 0.25) is 5.91 Å². The number of imidazole rings is 1. The van der Waals surface area contributed by atoms with E-state index in [4.69, 9.17) is 9.47 Å². The van der Waals surface area contributed by atoms with Gasteiger partial charge < -0.3 is 19.4 Å². The summed E-state index contributed by atoms with van der Waals surface area (Å²) in [7, 11) is 1.69. The summed E-state index contributed by atoms with van der Waals surface area (Å²) in [5.74, 6) is 0.836. The number of benzene rings is 2. The number of methoxy groups -OCH3 is 1. The number of ether oxygens (including phenoxy) is 2. The van der Waals surface area contributed by atoms with Crippen molar-refractivity contribution >= 4 is 16.9 Å². The molecule has 1 N–H and O–H groups in total. The van der Waals surface area contributed by atoms with Gasteiger partial charge in [-0.15, -0.1) is 0 Å². The van der Waals surface area contributed by atoms with Gasteiger partial charge in [-0.05, 0) is 31.0 Å². The Bertz CT molecular complexity index is 960. The van der Waals surface area contributed by atoms with Crippen LogP contribution < -0.4 is 10.1 Å². The number of hydrogen-bond acceptors (Lipinski definition) is 4. The van der Waals surface area contributed by atoms with Crippen molar-refractivity contribution in [2.24, 2.45) is 0 Å². The molecule has 0 radical (unpaired) electrons. The van der Waals surface area contributed by atoms with E-state index < -0.39 is 0 Å². The molecule has 0 aliphatic carbocycles. The zero-order valence-electron chi connectivity index (χ0n) is 16.1. The van der Waals surface area contributed by atoms with E-state index in [0.29, 0.717) is 19.8 Å². The van der Waals surface area contributed by atoms with Crippen LogP contribution in [-0.2, 0) is 21.5 Å². The van der Waals surface area contributed by atoms with Gasteiger partial charge in [-0.25, -0.2) is 4.98 Å². The first-order valence-electron chi connectivity index (χ1n) is 9.60. The lowest BCUT2D eigenvalue weighted by atomic mass is 9.73. The summed E-state index contributed by atoms with van der Waals surface area (Å²) in [6, 6.07) is 15.9. The van der Waals surface area contributed by atoms with Crippen molar-refractivity contribution in [3.05, 3.63) is 60.4 Å². The van der Waals surface area contributed by atoms with Crippen LogP contribution in [-0.4, -0.2) is 42.3 Å². The second-order valence-electron chi connectivity index (χ2n) is 7.23. The first kappa shape index (κ1) is 18.5. The van der Waals surface area contributed by atoms with Crippen LogP contribution in [0.15, 0.2) is 54.9 Å². The lowest BCUT2D eigenvalue weighted by Gasteiger charge is -2.38. The molecular formula is C22H25N3O3. The van der Waals surface area contributed by atoms with Gasteiger partial charge in [0.15, 0.2) is 0 Å². The highest BCUT2D eigenvalue weighted by Crippen LogP contribution is 2.39. The number of carbonyl (C=O) groups excluding carboxylic acids is 1. The molecule has 1 fully saturated rings. The van der Waals surface area contributed by atoms with Crippen molar-refractivity contribution in [3.8, 4) is 5.75 Å². The second-order valence-corrected chi connectivity index (χ2v) is 7.23. The monoisotopic (exact) mass is 379 g/mol. The number of nitrogens with one attached hydrogen (secondary N) is 1. The molecule has 0 bridgehead atoms. The van der Waals surface area contributed by atoms with Crippen molar-refractivity contribution in [2.45, 2.75) is 24.8 Å². The topological polar surface area (TPSA) is 65.4 Å². The van der Waals surface area contributed by atoms with E-state index in [1.54, 1.807) is 13.4 Å². The van der Waals surface area contributed by atoms with E-state index in [-0.39, 0.29) is 17.9 Å². The Balaban J connectivity index is 1.51. The summed E-state index contributed by atoms with van der Waals surface area (Å²) in [5.41, 5.74) is 2.81. The van der Waals surface area contributed by atoms with E-state index in [1.807, 2.05) is 47.0 Å². The molecule has 2 aromatic carbocycles. The minimum atomic E-state index is -0.183. The van der Waals surface area contributed by atoms with Gasteiger partial charge >= 0.3 is 0 Å². The average Bonchev–Trinajstić information content (AvgIpc) is 3.16. The standard InChI is InChI=1S/C22H25N3O3/c1-27-20-9-5-2-6-17(20)22(10-12-28-13-11-22)15-23-21(26)14-25-16-24-18-7-3-4-8-19(18)25/h2-9,16H,10-15H2,1H3,(H,23,26). The van der Waals surface area contributed by atoms with E-state index in [1.165, 1.54) is 0 Å². The molecule has 1 saturated heterocycles. The van der Waals surface area contributed by atoms with Crippen LogP contribution in [0.1, 0.15) is 18.4 Å². The van der Waals surface area contributed by atoms with Crippen molar-refractivity contribution in [1.82, 2.24) is 14.9 Å². The van der Waals surface area contributed by atoms with Gasteiger partial charge in [0.1, 0.15) is 12.3 Å². The molecule has 2 heterocycles. The highest BCUT2D eigenvalue weighted by molar-refractivity contribution is 5.80. The Labute approximate surface area is 164 Å². The Morgan fingerprint density at radius 1 is 1.18 bits per heavy atom. The molecule has 146 valence electrons. The molecule has 28 heavy (non-hydrogen) atoms. The maximum Gasteiger partial charge on any atom is 0.240 e. The Morgan fingerprint density at radius 2 is 1.93 bits per heavy atom. The van der Waals surface area contributed by atoms with Crippen LogP contribution in [0.2, 0.25) is 0 Å². The fourth-order valence-corrected chi connectivity index (χ4v) is 4.00. The zero-order valence-corrected chi connectivity index (χ0v) is 16.1. The Hall–Kier alpha value is -2.86. The predicted octanol–water partition coefficient (Wildman–Crippen LogP) is 2.91. The summed E-state index contributed by atoms with van der Waals surface area (Å²) < 4.78 is 13.1. The highest BCUT2D eigenvalue weighted by Gasteiger charge is 2.37. The van der Waals surface area contributed by atoms with Crippen LogP contribution >= 0.6 is 0 Å². The smallest absolute Gasteiger partial charge is 0.240 e. The third kappa shape index (κ3) is 3.60. The van der Waals surface area contributed by atoms with Crippen molar-refractivity contribution in [3.63, 3.8) is 0 Å². The quantitative estimate of drug-likeness (QED) is 0.715. The van der Waals surface area contributed by atoms with Crippen LogP contribution in [0.25, 0.3) is 11.0 Å². The molecule has 6 heteroatoms. The molecule has 4 rings (SSSR count). The maximum atomic E-state index is 12.7. The number of aromatic nitrogens is 2. The highest BCUT2D eigenvalue weighted by atomic mass is 16.5. The summed E-state index contributed by atoms with van der Waals surface area (Å²) >= 11 is 0. The SMILES string of the molecule is COc1ccccc1C1(CNC(=O)Cn2cnc3ccccc32)CCOCC1. The predicted molar refractivity (Wildman–Crippen MR) is 107 cm³/mol. The summed E-state index contributed by atoms with van der Waals surface area (Å²) in [4.78, 5) is 17.1. The lowest BCUT2D eigenvalue weighted by molar-refractivity contribution is -0.122. The fraction of sp³-hybridized carbons (Fsp3) is 0.364. The normalized spacial score (nSPS) is 16.0. The number of nitrogens with zero attached hydrogens (tertiary/aromatic N) is 2. The van der Waals surface area contributed by atoms with Gasteiger partial charge in [0, 0.05) is 30.7 Å². The molecular weight excluding hydrogens is 354 g/mol. The number of para-hydroxylation sites is 3. The van der Waals surface area contributed by atoms with E-state index >= 15 is 0 Å². The van der Waals surface area contributed by atoms with Gasteiger partial charge in [0.05, 0.1) is 24.5 Å².